The van der Waals surface area contributed by atoms with Crippen LogP contribution >= 0.6 is 22.9 Å². The summed E-state index contributed by atoms with van der Waals surface area (Å²) < 4.78 is 27.6. The lowest BCUT2D eigenvalue weighted by Gasteiger charge is -2.04. The first-order valence-electron chi connectivity index (χ1n) is 4.75. The van der Waals surface area contributed by atoms with Crippen LogP contribution in [-0.2, 0) is 0 Å². The maximum Gasteiger partial charge on any atom is 0.208 e. The second-order valence-corrected chi connectivity index (χ2v) is 5.20. The Morgan fingerprint density at radius 2 is 1.94 bits per heavy atom. The molecule has 5 heteroatoms. The fourth-order valence-corrected chi connectivity index (χ4v) is 2.41. The van der Waals surface area contributed by atoms with Gasteiger partial charge in [-0.1, -0.05) is 17.7 Å². The van der Waals surface area contributed by atoms with Gasteiger partial charge in [-0.25, -0.2) is 8.78 Å². The van der Waals surface area contributed by atoms with Crippen molar-refractivity contribution in [1.82, 2.24) is 0 Å². The molecule has 1 nitrogen and oxygen atoms in total. The van der Waals surface area contributed by atoms with E-state index in [1.807, 2.05) is 0 Å². The Labute approximate surface area is 106 Å². The third kappa shape index (κ3) is 2.23. The number of halogens is 3. The van der Waals surface area contributed by atoms with Crippen molar-refractivity contribution < 1.29 is 13.6 Å². The predicted octanol–water partition coefficient (Wildman–Crippen LogP) is 4.22. The molecule has 0 unspecified atom stereocenters. The van der Waals surface area contributed by atoms with Crippen molar-refractivity contribution in [1.29, 1.82) is 0 Å². The van der Waals surface area contributed by atoms with Crippen LogP contribution in [0, 0.1) is 18.6 Å². The molecule has 0 fully saturated rings. The molecule has 0 atom stereocenters. The molecule has 88 valence electrons. The number of rotatable bonds is 2. The molecule has 0 radical (unpaired) electrons. The van der Waals surface area contributed by atoms with Crippen LogP contribution in [-0.4, -0.2) is 5.78 Å². The number of aryl methyl sites for hydroxylation is 1. The van der Waals surface area contributed by atoms with E-state index in [2.05, 4.69) is 0 Å². The Hall–Kier alpha value is -1.26. The van der Waals surface area contributed by atoms with Crippen molar-refractivity contribution in [3.05, 3.63) is 56.2 Å². The number of thiophene rings is 1. The minimum atomic E-state index is -0.859. The fraction of sp³-hybridized carbons (Fsp3) is 0.0833. The van der Waals surface area contributed by atoms with E-state index in [0.717, 1.165) is 17.4 Å². The molecule has 0 saturated carbocycles. The molecular formula is C12H7ClF2OS. The van der Waals surface area contributed by atoms with E-state index in [9.17, 15) is 13.6 Å². The molecule has 1 aromatic carbocycles. The summed E-state index contributed by atoms with van der Waals surface area (Å²) >= 11 is 6.68. The molecule has 1 aromatic heterocycles. The van der Waals surface area contributed by atoms with Gasteiger partial charge in [-0.2, -0.15) is 0 Å². The first kappa shape index (κ1) is 12.2. The van der Waals surface area contributed by atoms with Crippen LogP contribution < -0.4 is 0 Å². The maximum atomic E-state index is 13.7. The van der Waals surface area contributed by atoms with Crippen LogP contribution in [0.3, 0.4) is 0 Å². The molecule has 0 bridgehead atoms. The lowest BCUT2D eigenvalue weighted by molar-refractivity contribution is 0.103. The summed E-state index contributed by atoms with van der Waals surface area (Å²) in [4.78, 5) is 12.1. The number of carbonyl (C=O) groups is 1. The third-order valence-corrected chi connectivity index (χ3v) is 3.54. The zero-order valence-corrected chi connectivity index (χ0v) is 10.3. The number of ketones is 1. The smallest absolute Gasteiger partial charge is 0.208 e. The highest BCUT2D eigenvalue weighted by Crippen LogP contribution is 2.26. The topological polar surface area (TPSA) is 17.1 Å². The summed E-state index contributed by atoms with van der Waals surface area (Å²) in [6.45, 7) is 1.48. The van der Waals surface area contributed by atoms with Gasteiger partial charge in [0.1, 0.15) is 11.6 Å². The minimum Gasteiger partial charge on any atom is -0.287 e. The second kappa shape index (κ2) is 4.55. The van der Waals surface area contributed by atoms with Crippen LogP contribution in [0.2, 0.25) is 4.34 Å². The molecular weight excluding hydrogens is 266 g/mol. The van der Waals surface area contributed by atoms with E-state index in [-0.39, 0.29) is 10.4 Å². The summed E-state index contributed by atoms with van der Waals surface area (Å²) in [5.74, 6) is -2.36. The van der Waals surface area contributed by atoms with Gasteiger partial charge < -0.3 is 0 Å². The zero-order valence-electron chi connectivity index (χ0n) is 8.76. The van der Waals surface area contributed by atoms with Gasteiger partial charge in [-0.3, -0.25) is 4.79 Å². The minimum absolute atomic E-state index is 0.221. The molecule has 17 heavy (non-hydrogen) atoms. The predicted molar refractivity (Wildman–Crippen MR) is 63.9 cm³/mol. The van der Waals surface area contributed by atoms with E-state index in [0.29, 0.717) is 4.34 Å². The summed E-state index contributed by atoms with van der Waals surface area (Å²) in [5, 5.41) is 0. The Kier molecular flexibility index (Phi) is 3.26. The van der Waals surface area contributed by atoms with Crippen LogP contribution in [0.4, 0.5) is 8.78 Å². The van der Waals surface area contributed by atoms with Crippen molar-refractivity contribution in [2.75, 3.05) is 0 Å². The highest BCUT2D eigenvalue weighted by atomic mass is 35.5. The molecule has 0 amide bonds. The lowest BCUT2D eigenvalue weighted by Crippen LogP contribution is -2.07. The average molecular weight is 273 g/mol. The van der Waals surface area contributed by atoms with Gasteiger partial charge in [-0.05, 0) is 30.7 Å². The van der Waals surface area contributed by atoms with Gasteiger partial charge >= 0.3 is 0 Å². The van der Waals surface area contributed by atoms with Gasteiger partial charge in [0, 0.05) is 0 Å². The number of hydrogen-bond donors (Lipinski definition) is 0. The van der Waals surface area contributed by atoms with Gasteiger partial charge in [0.05, 0.1) is 14.8 Å². The summed E-state index contributed by atoms with van der Waals surface area (Å²) in [7, 11) is 0. The van der Waals surface area contributed by atoms with Gasteiger partial charge in [-0.15, -0.1) is 11.3 Å². The van der Waals surface area contributed by atoms with Crippen LogP contribution in [0.5, 0.6) is 0 Å². The number of hydrogen-bond acceptors (Lipinski definition) is 2. The van der Waals surface area contributed by atoms with Crippen molar-refractivity contribution in [3.8, 4) is 0 Å². The summed E-state index contributed by atoms with van der Waals surface area (Å²) in [5.41, 5.74) is -0.291. The lowest BCUT2D eigenvalue weighted by atomic mass is 10.0. The SMILES string of the molecule is Cc1ccc(F)c(C(=O)c2ccc(Cl)s2)c1F. The monoisotopic (exact) mass is 272 g/mol. The van der Waals surface area contributed by atoms with Crippen LogP contribution in [0.25, 0.3) is 0 Å². The summed E-state index contributed by atoms with van der Waals surface area (Å²) in [6, 6.07) is 5.35. The molecule has 0 aliphatic carbocycles. The molecule has 0 aliphatic rings. The van der Waals surface area contributed by atoms with Crippen LogP contribution in [0.15, 0.2) is 24.3 Å². The Morgan fingerprint density at radius 1 is 1.24 bits per heavy atom. The molecule has 2 aromatic rings. The normalized spacial score (nSPS) is 10.6. The number of benzene rings is 1. The van der Waals surface area contributed by atoms with Crippen LogP contribution in [0.1, 0.15) is 20.8 Å². The summed E-state index contributed by atoms with van der Waals surface area (Å²) in [6.07, 6.45) is 0. The molecule has 1 heterocycles. The first-order valence-corrected chi connectivity index (χ1v) is 5.95. The van der Waals surface area contributed by atoms with Gasteiger partial charge in [0.2, 0.25) is 5.78 Å². The van der Waals surface area contributed by atoms with E-state index in [1.54, 1.807) is 0 Å². The fourth-order valence-electron chi connectivity index (χ4n) is 1.42. The van der Waals surface area contributed by atoms with E-state index in [1.165, 1.54) is 25.1 Å². The highest BCUT2D eigenvalue weighted by molar-refractivity contribution is 7.18. The van der Waals surface area contributed by atoms with E-state index in [4.69, 9.17) is 11.6 Å². The Balaban J connectivity index is 2.54. The van der Waals surface area contributed by atoms with Crippen molar-refractivity contribution in [2.24, 2.45) is 0 Å². The molecule has 2 rings (SSSR count). The van der Waals surface area contributed by atoms with Crippen molar-refractivity contribution >= 4 is 28.7 Å². The average Bonchev–Trinajstić information content (AvgIpc) is 2.71. The van der Waals surface area contributed by atoms with Gasteiger partial charge in [0.25, 0.3) is 0 Å². The van der Waals surface area contributed by atoms with Crippen molar-refractivity contribution in [3.63, 3.8) is 0 Å². The quantitative estimate of drug-likeness (QED) is 0.748. The Bertz CT molecular complexity index is 592. The highest BCUT2D eigenvalue weighted by Gasteiger charge is 2.21. The molecule has 0 saturated heterocycles. The third-order valence-electron chi connectivity index (χ3n) is 2.31. The zero-order chi connectivity index (χ0) is 12.6. The number of carbonyl (C=O) groups excluding carboxylic acids is 1. The van der Waals surface area contributed by atoms with Crippen molar-refractivity contribution in [2.45, 2.75) is 6.92 Å². The molecule has 0 aliphatic heterocycles. The largest absolute Gasteiger partial charge is 0.287 e. The van der Waals surface area contributed by atoms with Gasteiger partial charge in [0.15, 0.2) is 0 Å². The molecule has 0 spiro atoms. The Morgan fingerprint density at radius 3 is 2.53 bits per heavy atom. The first-order chi connectivity index (χ1) is 8.00. The van der Waals surface area contributed by atoms with E-state index >= 15 is 0 Å². The standard InChI is InChI=1S/C12H7ClF2OS/c1-6-2-3-7(14)10(11(6)15)12(16)8-4-5-9(13)17-8/h2-5H,1H3. The maximum absolute atomic E-state index is 13.7. The second-order valence-electron chi connectivity index (χ2n) is 3.49. The van der Waals surface area contributed by atoms with E-state index < -0.39 is 23.0 Å². The molecule has 0 N–H and O–H groups in total.